The number of nitrogens with zero attached hydrogens (tertiary/aromatic N) is 3. The minimum Gasteiger partial charge on any atom is -0.370 e. The molecule has 1 aliphatic rings. The second-order valence-corrected chi connectivity index (χ2v) is 5.26. The van der Waals surface area contributed by atoms with Crippen LogP contribution in [-0.4, -0.2) is 29.1 Å². The molecule has 1 fully saturated rings. The molecule has 0 radical (unpaired) electrons. The SMILES string of the molecule is Cn1ncc(N2CCCC2)c(-c2ccccc2C=N)c1=O. The van der Waals surface area contributed by atoms with Crippen molar-refractivity contribution < 1.29 is 0 Å². The Labute approximate surface area is 123 Å². The fourth-order valence-corrected chi connectivity index (χ4v) is 2.83. The lowest BCUT2D eigenvalue weighted by Gasteiger charge is -2.21. The van der Waals surface area contributed by atoms with Crippen LogP contribution in [0.2, 0.25) is 0 Å². The summed E-state index contributed by atoms with van der Waals surface area (Å²) in [5.74, 6) is 0. The normalized spacial score (nSPS) is 14.4. The summed E-state index contributed by atoms with van der Waals surface area (Å²) in [4.78, 5) is 14.8. The summed E-state index contributed by atoms with van der Waals surface area (Å²) in [7, 11) is 1.66. The Morgan fingerprint density at radius 1 is 1.24 bits per heavy atom. The molecule has 0 bridgehead atoms. The maximum atomic E-state index is 12.6. The second kappa shape index (κ2) is 5.52. The van der Waals surface area contributed by atoms with Crippen LogP contribution in [-0.2, 0) is 7.05 Å². The Hall–Kier alpha value is -2.43. The van der Waals surface area contributed by atoms with Crippen molar-refractivity contribution in [2.24, 2.45) is 7.05 Å². The van der Waals surface area contributed by atoms with Crippen molar-refractivity contribution >= 4 is 11.9 Å². The number of anilines is 1. The van der Waals surface area contributed by atoms with E-state index in [0.717, 1.165) is 42.7 Å². The van der Waals surface area contributed by atoms with Crippen molar-refractivity contribution in [1.82, 2.24) is 9.78 Å². The zero-order chi connectivity index (χ0) is 14.8. The maximum Gasteiger partial charge on any atom is 0.276 e. The minimum atomic E-state index is -0.117. The van der Waals surface area contributed by atoms with Gasteiger partial charge in [0.25, 0.3) is 5.56 Å². The van der Waals surface area contributed by atoms with Gasteiger partial charge in [0, 0.05) is 31.9 Å². The van der Waals surface area contributed by atoms with Crippen LogP contribution in [0.4, 0.5) is 5.69 Å². The molecule has 21 heavy (non-hydrogen) atoms. The highest BCUT2D eigenvalue weighted by molar-refractivity contribution is 5.92. The van der Waals surface area contributed by atoms with Gasteiger partial charge in [-0.3, -0.25) is 4.79 Å². The van der Waals surface area contributed by atoms with E-state index in [0.29, 0.717) is 5.56 Å². The molecule has 1 saturated heterocycles. The Kier molecular flexibility index (Phi) is 3.56. The summed E-state index contributed by atoms with van der Waals surface area (Å²) in [6.45, 7) is 1.91. The Bertz CT molecular complexity index is 729. The second-order valence-electron chi connectivity index (χ2n) is 5.26. The van der Waals surface area contributed by atoms with Crippen molar-refractivity contribution in [3.8, 4) is 11.1 Å². The number of hydrogen-bond acceptors (Lipinski definition) is 4. The molecule has 0 aliphatic carbocycles. The van der Waals surface area contributed by atoms with Crippen LogP contribution in [0.15, 0.2) is 35.3 Å². The van der Waals surface area contributed by atoms with Crippen LogP contribution in [0.5, 0.6) is 0 Å². The first-order valence-electron chi connectivity index (χ1n) is 7.13. The van der Waals surface area contributed by atoms with Crippen LogP contribution >= 0.6 is 0 Å². The molecule has 0 amide bonds. The quantitative estimate of drug-likeness (QED) is 0.876. The third kappa shape index (κ3) is 2.35. The van der Waals surface area contributed by atoms with E-state index in [4.69, 9.17) is 5.41 Å². The Balaban J connectivity index is 2.26. The largest absolute Gasteiger partial charge is 0.370 e. The topological polar surface area (TPSA) is 62.0 Å². The highest BCUT2D eigenvalue weighted by atomic mass is 16.1. The van der Waals surface area contributed by atoms with Gasteiger partial charge in [-0.25, -0.2) is 4.68 Å². The van der Waals surface area contributed by atoms with E-state index in [1.165, 1.54) is 10.9 Å². The standard InChI is InChI=1S/C16H18N4O/c1-19-16(21)15(13-7-3-2-6-12(13)10-17)14(11-18-19)20-8-4-5-9-20/h2-3,6-7,10-11,17H,4-5,8-9H2,1H3. The lowest BCUT2D eigenvalue weighted by Crippen LogP contribution is -2.27. The first kappa shape index (κ1) is 13.5. The highest BCUT2D eigenvalue weighted by Crippen LogP contribution is 2.30. The first-order chi connectivity index (χ1) is 10.2. The van der Waals surface area contributed by atoms with Crippen molar-refractivity contribution in [3.63, 3.8) is 0 Å². The number of aromatic nitrogens is 2. The van der Waals surface area contributed by atoms with Crippen LogP contribution in [0.3, 0.4) is 0 Å². The van der Waals surface area contributed by atoms with Crippen molar-refractivity contribution in [2.45, 2.75) is 12.8 Å². The van der Waals surface area contributed by atoms with Gasteiger partial charge in [-0.2, -0.15) is 5.10 Å². The van der Waals surface area contributed by atoms with Gasteiger partial charge in [0.15, 0.2) is 0 Å². The number of aryl methyl sites for hydroxylation is 1. The Morgan fingerprint density at radius 3 is 2.67 bits per heavy atom. The summed E-state index contributed by atoms with van der Waals surface area (Å²) in [6.07, 6.45) is 5.34. The lowest BCUT2D eigenvalue weighted by atomic mass is 10.00. The smallest absolute Gasteiger partial charge is 0.276 e. The van der Waals surface area contributed by atoms with E-state index in [-0.39, 0.29) is 5.56 Å². The van der Waals surface area contributed by atoms with Gasteiger partial charge in [-0.1, -0.05) is 24.3 Å². The average Bonchev–Trinajstić information content (AvgIpc) is 3.04. The van der Waals surface area contributed by atoms with E-state index in [9.17, 15) is 4.79 Å². The molecule has 1 N–H and O–H groups in total. The maximum absolute atomic E-state index is 12.6. The summed E-state index contributed by atoms with van der Waals surface area (Å²) in [5, 5.41) is 11.7. The minimum absolute atomic E-state index is 0.117. The van der Waals surface area contributed by atoms with E-state index < -0.39 is 0 Å². The third-order valence-electron chi connectivity index (χ3n) is 3.95. The monoisotopic (exact) mass is 282 g/mol. The molecule has 1 aliphatic heterocycles. The molecule has 3 rings (SSSR count). The number of benzene rings is 1. The first-order valence-corrected chi connectivity index (χ1v) is 7.13. The van der Waals surface area contributed by atoms with Gasteiger partial charge < -0.3 is 10.3 Å². The predicted octanol–water partition coefficient (Wildman–Crippen LogP) is 2.05. The molecule has 0 atom stereocenters. The zero-order valence-electron chi connectivity index (χ0n) is 12.0. The van der Waals surface area contributed by atoms with Gasteiger partial charge in [0.1, 0.15) is 0 Å². The number of nitrogens with one attached hydrogen (secondary N) is 1. The van der Waals surface area contributed by atoms with Gasteiger partial charge >= 0.3 is 0 Å². The number of hydrogen-bond donors (Lipinski definition) is 1. The van der Waals surface area contributed by atoms with E-state index >= 15 is 0 Å². The molecule has 0 spiro atoms. The number of rotatable bonds is 3. The third-order valence-corrected chi connectivity index (χ3v) is 3.95. The molecular weight excluding hydrogens is 264 g/mol. The van der Waals surface area contributed by atoms with Crippen molar-refractivity contribution in [2.75, 3.05) is 18.0 Å². The van der Waals surface area contributed by atoms with E-state index in [2.05, 4.69) is 10.00 Å². The fraction of sp³-hybridized carbons (Fsp3) is 0.312. The lowest BCUT2D eigenvalue weighted by molar-refractivity contribution is 0.706. The zero-order valence-corrected chi connectivity index (χ0v) is 12.0. The molecule has 5 heteroatoms. The van der Waals surface area contributed by atoms with Crippen LogP contribution < -0.4 is 10.5 Å². The molecule has 1 aromatic carbocycles. The molecule has 2 aromatic rings. The summed E-state index contributed by atoms with van der Waals surface area (Å²) in [6, 6.07) is 7.54. The molecule has 0 saturated carbocycles. The molecule has 0 unspecified atom stereocenters. The van der Waals surface area contributed by atoms with Crippen LogP contribution in [0, 0.1) is 5.41 Å². The molecule has 108 valence electrons. The van der Waals surface area contributed by atoms with Gasteiger partial charge in [0.05, 0.1) is 17.4 Å². The highest BCUT2D eigenvalue weighted by Gasteiger charge is 2.21. The molecule has 5 nitrogen and oxygen atoms in total. The molecule has 2 heterocycles. The van der Waals surface area contributed by atoms with Crippen molar-refractivity contribution in [1.29, 1.82) is 5.41 Å². The van der Waals surface area contributed by atoms with Gasteiger partial charge in [-0.05, 0) is 18.4 Å². The molecular formula is C16H18N4O. The van der Waals surface area contributed by atoms with Gasteiger partial charge in [-0.15, -0.1) is 0 Å². The fourth-order valence-electron chi connectivity index (χ4n) is 2.83. The van der Waals surface area contributed by atoms with Crippen molar-refractivity contribution in [3.05, 3.63) is 46.4 Å². The summed E-state index contributed by atoms with van der Waals surface area (Å²) in [5.41, 5.74) is 2.96. The van der Waals surface area contributed by atoms with Gasteiger partial charge in [0.2, 0.25) is 0 Å². The predicted molar refractivity (Wildman–Crippen MR) is 84.2 cm³/mol. The Morgan fingerprint density at radius 2 is 1.95 bits per heavy atom. The van der Waals surface area contributed by atoms with Crippen LogP contribution in [0.25, 0.3) is 11.1 Å². The van der Waals surface area contributed by atoms with Crippen LogP contribution in [0.1, 0.15) is 18.4 Å². The van der Waals surface area contributed by atoms with E-state index in [1.807, 2.05) is 24.3 Å². The summed E-state index contributed by atoms with van der Waals surface area (Å²) >= 11 is 0. The molecule has 1 aromatic heterocycles. The van der Waals surface area contributed by atoms with E-state index in [1.54, 1.807) is 13.2 Å². The summed E-state index contributed by atoms with van der Waals surface area (Å²) < 4.78 is 1.36. The average molecular weight is 282 g/mol.